The first-order valence-electron chi connectivity index (χ1n) is 9.82. The minimum absolute atomic E-state index is 0.231. The Hall–Kier alpha value is -1.50. The second kappa shape index (κ2) is 10.5. The summed E-state index contributed by atoms with van der Waals surface area (Å²) in [5, 5.41) is 3.60. The third-order valence-corrected chi connectivity index (χ3v) is 6.01. The Morgan fingerprint density at radius 2 is 1.84 bits per heavy atom. The molecule has 6 unspecified atom stereocenters. The van der Waals surface area contributed by atoms with Crippen molar-refractivity contribution < 1.29 is 0 Å². The highest BCUT2D eigenvalue weighted by atomic mass is 14.9. The molecule has 0 radical (unpaired) electrons. The number of hydrogen-bond donors (Lipinski definition) is 1. The minimum atomic E-state index is 0.231. The highest BCUT2D eigenvalue weighted by Gasteiger charge is 2.35. The Morgan fingerprint density at radius 1 is 1.20 bits per heavy atom. The van der Waals surface area contributed by atoms with Crippen LogP contribution in [0.25, 0.3) is 0 Å². The van der Waals surface area contributed by atoms with Crippen LogP contribution in [0.1, 0.15) is 53.9 Å². The van der Waals surface area contributed by atoms with E-state index in [1.165, 1.54) is 18.4 Å². The molecule has 0 aromatic rings. The van der Waals surface area contributed by atoms with Gasteiger partial charge in [0.05, 0.1) is 0 Å². The third kappa shape index (κ3) is 7.50. The Kier molecular flexibility index (Phi) is 9.03. The van der Waals surface area contributed by atoms with Gasteiger partial charge in [0.1, 0.15) is 0 Å². The van der Waals surface area contributed by atoms with E-state index in [4.69, 9.17) is 0 Å². The molecular formula is C24H39N. The summed E-state index contributed by atoms with van der Waals surface area (Å²) in [6.07, 6.45) is 13.6. The van der Waals surface area contributed by atoms with Gasteiger partial charge in [-0.15, -0.1) is 6.58 Å². The van der Waals surface area contributed by atoms with Crippen molar-refractivity contribution in [3.05, 3.63) is 61.4 Å². The molecule has 0 amide bonds. The third-order valence-electron chi connectivity index (χ3n) is 6.01. The molecule has 1 rings (SSSR count). The second-order valence-electron chi connectivity index (χ2n) is 8.18. The molecule has 1 N–H and O–H groups in total. The maximum absolute atomic E-state index is 4.33. The zero-order valence-electron chi connectivity index (χ0n) is 17.1. The molecule has 0 aromatic heterocycles. The molecule has 1 fully saturated rings. The van der Waals surface area contributed by atoms with E-state index in [1.54, 1.807) is 6.08 Å². The molecule has 1 saturated carbocycles. The van der Waals surface area contributed by atoms with Crippen LogP contribution in [0.3, 0.4) is 0 Å². The van der Waals surface area contributed by atoms with Gasteiger partial charge in [-0.25, -0.2) is 0 Å². The summed E-state index contributed by atoms with van der Waals surface area (Å²) in [7, 11) is 0. The predicted octanol–water partition coefficient (Wildman–Crippen LogP) is 6.68. The summed E-state index contributed by atoms with van der Waals surface area (Å²) in [6.45, 7) is 23.6. The summed E-state index contributed by atoms with van der Waals surface area (Å²) >= 11 is 0. The van der Waals surface area contributed by atoms with Gasteiger partial charge in [-0.1, -0.05) is 76.8 Å². The van der Waals surface area contributed by atoms with Gasteiger partial charge in [0.25, 0.3) is 0 Å². The molecule has 0 spiro atoms. The number of allylic oxidation sites excluding steroid dienone is 5. The summed E-state index contributed by atoms with van der Waals surface area (Å²) in [5.74, 6) is 3.77. The van der Waals surface area contributed by atoms with Crippen molar-refractivity contribution >= 4 is 0 Å². The first-order chi connectivity index (χ1) is 11.8. The molecule has 1 aliphatic rings. The number of nitrogens with one attached hydrogen (secondary N) is 1. The number of rotatable bonds is 12. The van der Waals surface area contributed by atoms with Crippen LogP contribution in [-0.4, -0.2) is 6.04 Å². The molecule has 1 aliphatic carbocycles. The van der Waals surface area contributed by atoms with Crippen LogP contribution in [0.2, 0.25) is 0 Å². The van der Waals surface area contributed by atoms with E-state index in [1.807, 2.05) is 18.2 Å². The summed E-state index contributed by atoms with van der Waals surface area (Å²) in [5.41, 5.74) is 2.46. The van der Waals surface area contributed by atoms with Crippen LogP contribution in [0.4, 0.5) is 0 Å². The molecule has 25 heavy (non-hydrogen) atoms. The highest BCUT2D eigenvalue weighted by Crippen LogP contribution is 2.44. The summed E-state index contributed by atoms with van der Waals surface area (Å²) < 4.78 is 0. The normalized spacial score (nSPS) is 25.1. The SMILES string of the molecule is C=C/C=C\C=C(/C)CC(C=C)NC(=C)C(C)C(C)C(C)CC1CC1C. The molecule has 0 bridgehead atoms. The van der Waals surface area contributed by atoms with Crippen LogP contribution in [0.15, 0.2) is 61.4 Å². The first kappa shape index (κ1) is 21.5. The predicted molar refractivity (Wildman–Crippen MR) is 113 cm³/mol. The first-order valence-corrected chi connectivity index (χ1v) is 9.82. The van der Waals surface area contributed by atoms with Gasteiger partial charge in [-0.05, 0) is 55.8 Å². The molecule has 1 heteroatoms. The van der Waals surface area contributed by atoms with E-state index < -0.39 is 0 Å². The smallest absolute Gasteiger partial charge is 0.0475 e. The topological polar surface area (TPSA) is 12.0 Å². The second-order valence-corrected chi connectivity index (χ2v) is 8.18. The molecule has 140 valence electrons. The van der Waals surface area contributed by atoms with Crippen LogP contribution in [-0.2, 0) is 0 Å². The van der Waals surface area contributed by atoms with Gasteiger partial charge >= 0.3 is 0 Å². The van der Waals surface area contributed by atoms with Crippen LogP contribution in [0, 0.1) is 29.6 Å². The average Bonchev–Trinajstić information content (AvgIpc) is 3.27. The maximum atomic E-state index is 4.33. The monoisotopic (exact) mass is 341 g/mol. The highest BCUT2D eigenvalue weighted by molar-refractivity contribution is 5.17. The fraction of sp³-hybridized carbons (Fsp3) is 0.583. The van der Waals surface area contributed by atoms with Crippen LogP contribution in [0.5, 0.6) is 0 Å². The lowest BCUT2D eigenvalue weighted by Gasteiger charge is -2.30. The van der Waals surface area contributed by atoms with Gasteiger partial charge < -0.3 is 5.32 Å². The molecule has 0 saturated heterocycles. The summed E-state index contributed by atoms with van der Waals surface area (Å²) in [6, 6.07) is 0.231. The largest absolute Gasteiger partial charge is 0.382 e. The van der Waals surface area contributed by atoms with Crippen molar-refractivity contribution in [1.29, 1.82) is 0 Å². The van der Waals surface area contributed by atoms with Crippen molar-refractivity contribution in [2.45, 2.75) is 59.9 Å². The number of hydrogen-bond acceptors (Lipinski definition) is 1. The van der Waals surface area contributed by atoms with Crippen molar-refractivity contribution in [2.75, 3.05) is 0 Å². The lowest BCUT2D eigenvalue weighted by Crippen LogP contribution is -2.32. The summed E-state index contributed by atoms with van der Waals surface area (Å²) in [4.78, 5) is 0. The van der Waals surface area contributed by atoms with E-state index in [-0.39, 0.29) is 6.04 Å². The lowest BCUT2D eigenvalue weighted by atomic mass is 9.80. The van der Waals surface area contributed by atoms with Crippen molar-refractivity contribution in [2.24, 2.45) is 29.6 Å². The molecule has 1 nitrogen and oxygen atoms in total. The van der Waals surface area contributed by atoms with E-state index in [0.29, 0.717) is 11.8 Å². The molecule has 6 atom stereocenters. The van der Waals surface area contributed by atoms with E-state index in [2.05, 4.69) is 65.7 Å². The van der Waals surface area contributed by atoms with Crippen LogP contribution < -0.4 is 5.32 Å². The van der Waals surface area contributed by atoms with Gasteiger partial charge in [-0.2, -0.15) is 0 Å². The average molecular weight is 342 g/mol. The lowest BCUT2D eigenvalue weighted by molar-refractivity contribution is 0.272. The molecular weight excluding hydrogens is 302 g/mol. The maximum Gasteiger partial charge on any atom is 0.0475 e. The Balaban J connectivity index is 2.52. The quantitative estimate of drug-likeness (QED) is 0.308. The fourth-order valence-corrected chi connectivity index (χ4v) is 3.51. The standard InChI is InChI=1S/C24H39N/c1-9-11-12-13-17(3)14-24(10-2)25-22(8)21(7)20(6)18(4)15-23-16-19(23)5/h9-13,18-21,23-25H,1-2,8,14-16H2,3-7H3/b12-11-,17-13+. The van der Waals surface area contributed by atoms with Gasteiger partial charge in [-0.3, -0.25) is 0 Å². The minimum Gasteiger partial charge on any atom is -0.382 e. The van der Waals surface area contributed by atoms with Crippen molar-refractivity contribution in [3.63, 3.8) is 0 Å². The van der Waals surface area contributed by atoms with Gasteiger partial charge in [0.2, 0.25) is 0 Å². The molecule has 0 aromatic carbocycles. The Bertz CT molecular complexity index is 510. The van der Waals surface area contributed by atoms with Crippen molar-refractivity contribution in [3.8, 4) is 0 Å². The van der Waals surface area contributed by atoms with Gasteiger partial charge in [0.15, 0.2) is 0 Å². The zero-order valence-corrected chi connectivity index (χ0v) is 17.1. The van der Waals surface area contributed by atoms with E-state index >= 15 is 0 Å². The zero-order chi connectivity index (χ0) is 19.0. The molecule has 0 aliphatic heterocycles. The van der Waals surface area contributed by atoms with Crippen LogP contribution >= 0.6 is 0 Å². The van der Waals surface area contributed by atoms with Crippen molar-refractivity contribution in [1.82, 2.24) is 5.32 Å². The Labute approximate surface area is 156 Å². The van der Waals surface area contributed by atoms with E-state index in [9.17, 15) is 0 Å². The van der Waals surface area contributed by atoms with Gasteiger partial charge in [0, 0.05) is 11.7 Å². The fourth-order valence-electron chi connectivity index (χ4n) is 3.51. The van der Waals surface area contributed by atoms with E-state index in [0.717, 1.165) is 29.9 Å². The Morgan fingerprint density at radius 3 is 2.36 bits per heavy atom. The molecule has 0 heterocycles.